The highest BCUT2D eigenvalue weighted by Crippen LogP contribution is 2.25. The van der Waals surface area contributed by atoms with E-state index >= 15 is 0 Å². The number of halogens is 1. The number of anilines is 1. The summed E-state index contributed by atoms with van der Waals surface area (Å²) in [6.45, 7) is 8.31. The fraction of sp³-hybridized carbons (Fsp3) is 0.714. The number of alkyl halides is 1. The van der Waals surface area contributed by atoms with Crippen molar-refractivity contribution < 1.29 is 9.47 Å². The first kappa shape index (κ1) is 15.3. The Kier molecular flexibility index (Phi) is 5.05. The molecule has 1 unspecified atom stereocenters. The lowest BCUT2D eigenvalue weighted by atomic mass is 10.1. The first-order chi connectivity index (χ1) is 9.54. The second kappa shape index (κ2) is 6.59. The molecule has 6 heteroatoms. The largest absolute Gasteiger partial charge is 0.477 e. The van der Waals surface area contributed by atoms with Crippen LogP contribution in [0.2, 0.25) is 0 Å². The summed E-state index contributed by atoms with van der Waals surface area (Å²) >= 11 is 5.95. The van der Waals surface area contributed by atoms with Gasteiger partial charge in [-0.15, -0.1) is 11.6 Å². The van der Waals surface area contributed by atoms with Crippen LogP contribution in [0, 0.1) is 0 Å². The zero-order valence-corrected chi connectivity index (χ0v) is 13.1. The van der Waals surface area contributed by atoms with Gasteiger partial charge in [0, 0.05) is 13.1 Å². The molecule has 1 aliphatic heterocycles. The van der Waals surface area contributed by atoms with Gasteiger partial charge in [-0.05, 0) is 20.3 Å². The Labute approximate surface area is 125 Å². The van der Waals surface area contributed by atoms with E-state index < -0.39 is 0 Å². The molecule has 112 valence electrons. The molecule has 1 fully saturated rings. The van der Waals surface area contributed by atoms with Crippen LogP contribution in [0.3, 0.4) is 0 Å². The van der Waals surface area contributed by atoms with Crippen LogP contribution in [0.5, 0.6) is 5.88 Å². The van der Waals surface area contributed by atoms with Crippen LogP contribution in [-0.2, 0) is 4.74 Å². The molecule has 0 saturated carbocycles. The van der Waals surface area contributed by atoms with Crippen molar-refractivity contribution in [2.45, 2.75) is 38.9 Å². The van der Waals surface area contributed by atoms with Crippen LogP contribution >= 0.6 is 11.6 Å². The molecule has 0 bridgehead atoms. The molecule has 0 N–H and O–H groups in total. The van der Waals surface area contributed by atoms with Crippen LogP contribution in [0.1, 0.15) is 27.2 Å². The van der Waals surface area contributed by atoms with E-state index in [4.69, 9.17) is 21.1 Å². The summed E-state index contributed by atoms with van der Waals surface area (Å²) in [5, 5.41) is 0. The Hall–Kier alpha value is -1.07. The smallest absolute Gasteiger partial charge is 0.234 e. The second-order valence-corrected chi connectivity index (χ2v) is 5.91. The van der Waals surface area contributed by atoms with Gasteiger partial charge in [0.25, 0.3) is 0 Å². The molecule has 2 rings (SSSR count). The zero-order chi connectivity index (χ0) is 14.6. The average molecular weight is 300 g/mol. The van der Waals surface area contributed by atoms with Gasteiger partial charge in [0.1, 0.15) is 0 Å². The number of hydrogen-bond donors (Lipinski definition) is 0. The predicted molar refractivity (Wildman–Crippen MR) is 79.7 cm³/mol. The summed E-state index contributed by atoms with van der Waals surface area (Å²) in [4.78, 5) is 10.9. The maximum absolute atomic E-state index is 5.95. The highest BCUT2D eigenvalue weighted by molar-refractivity contribution is 6.18. The van der Waals surface area contributed by atoms with Gasteiger partial charge in [-0.1, -0.05) is 6.92 Å². The summed E-state index contributed by atoms with van der Waals surface area (Å²) in [6.07, 6.45) is 4.35. The average Bonchev–Trinajstić information content (AvgIpc) is 2.43. The third-order valence-electron chi connectivity index (χ3n) is 3.03. The minimum absolute atomic E-state index is 0.00225. The van der Waals surface area contributed by atoms with Gasteiger partial charge < -0.3 is 14.4 Å². The van der Waals surface area contributed by atoms with E-state index in [1.807, 2.05) is 0 Å². The first-order valence-electron chi connectivity index (χ1n) is 6.97. The highest BCUT2D eigenvalue weighted by atomic mass is 35.5. The Morgan fingerprint density at radius 2 is 2.30 bits per heavy atom. The van der Waals surface area contributed by atoms with Crippen LogP contribution < -0.4 is 9.64 Å². The number of hydrogen-bond acceptors (Lipinski definition) is 5. The topological polar surface area (TPSA) is 47.5 Å². The molecule has 1 aliphatic rings. The molecule has 1 aromatic heterocycles. The molecule has 1 aromatic rings. The number of ether oxygens (including phenoxy) is 2. The standard InChI is InChI=1S/C14H22ClN3O2/c1-4-5-19-13-8-16-7-12(17-13)18-9-11(6-15)20-14(2,3)10-18/h7-8,11H,4-6,9-10H2,1-3H3. The molecule has 1 atom stereocenters. The second-order valence-electron chi connectivity index (χ2n) is 5.60. The maximum atomic E-state index is 5.95. The maximum Gasteiger partial charge on any atom is 0.234 e. The third kappa shape index (κ3) is 3.96. The molecule has 1 saturated heterocycles. The highest BCUT2D eigenvalue weighted by Gasteiger charge is 2.33. The van der Waals surface area contributed by atoms with Gasteiger partial charge >= 0.3 is 0 Å². The monoisotopic (exact) mass is 299 g/mol. The molecular formula is C14H22ClN3O2. The molecule has 0 aromatic carbocycles. The van der Waals surface area contributed by atoms with Crippen molar-refractivity contribution >= 4 is 17.4 Å². The van der Waals surface area contributed by atoms with Gasteiger partial charge in [-0.25, -0.2) is 0 Å². The van der Waals surface area contributed by atoms with Crippen molar-refractivity contribution in [3.63, 3.8) is 0 Å². The molecule has 0 spiro atoms. The van der Waals surface area contributed by atoms with Crippen LogP contribution in [0.15, 0.2) is 12.4 Å². The van der Waals surface area contributed by atoms with Crippen molar-refractivity contribution in [2.75, 3.05) is 30.5 Å². The number of aromatic nitrogens is 2. The van der Waals surface area contributed by atoms with E-state index in [0.29, 0.717) is 18.4 Å². The van der Waals surface area contributed by atoms with E-state index in [1.165, 1.54) is 0 Å². The summed E-state index contributed by atoms with van der Waals surface area (Å²) < 4.78 is 11.5. The van der Waals surface area contributed by atoms with Gasteiger partial charge in [0.15, 0.2) is 5.82 Å². The molecule has 2 heterocycles. The van der Waals surface area contributed by atoms with E-state index in [0.717, 1.165) is 25.3 Å². The first-order valence-corrected chi connectivity index (χ1v) is 7.51. The molecule has 20 heavy (non-hydrogen) atoms. The van der Waals surface area contributed by atoms with Gasteiger partial charge in [-0.3, -0.25) is 4.98 Å². The molecule has 0 amide bonds. The Bertz CT molecular complexity index is 442. The van der Waals surface area contributed by atoms with Crippen molar-refractivity contribution in [3.8, 4) is 5.88 Å². The summed E-state index contributed by atoms with van der Waals surface area (Å²) in [6, 6.07) is 0. The molecule has 0 radical (unpaired) electrons. The van der Waals surface area contributed by atoms with Crippen molar-refractivity contribution in [1.82, 2.24) is 9.97 Å². The van der Waals surface area contributed by atoms with E-state index in [2.05, 4.69) is 35.6 Å². The number of nitrogens with zero attached hydrogens (tertiary/aromatic N) is 3. The Morgan fingerprint density at radius 3 is 3.00 bits per heavy atom. The van der Waals surface area contributed by atoms with E-state index in [9.17, 15) is 0 Å². The minimum Gasteiger partial charge on any atom is -0.477 e. The lowest BCUT2D eigenvalue weighted by Gasteiger charge is -2.42. The van der Waals surface area contributed by atoms with Gasteiger partial charge in [0.2, 0.25) is 5.88 Å². The Balaban J connectivity index is 2.13. The SMILES string of the molecule is CCCOc1cncc(N2CC(CCl)OC(C)(C)C2)n1. The summed E-state index contributed by atoms with van der Waals surface area (Å²) in [5.41, 5.74) is -0.250. The quantitative estimate of drug-likeness (QED) is 0.782. The number of rotatable bonds is 5. The lowest BCUT2D eigenvalue weighted by molar-refractivity contribution is -0.0736. The van der Waals surface area contributed by atoms with E-state index in [1.54, 1.807) is 12.4 Å². The van der Waals surface area contributed by atoms with E-state index in [-0.39, 0.29) is 11.7 Å². The molecular weight excluding hydrogens is 278 g/mol. The normalized spacial score (nSPS) is 21.8. The third-order valence-corrected chi connectivity index (χ3v) is 3.38. The van der Waals surface area contributed by atoms with Crippen LogP contribution in [0.25, 0.3) is 0 Å². The lowest BCUT2D eigenvalue weighted by Crippen LogP contribution is -2.53. The fourth-order valence-electron chi connectivity index (χ4n) is 2.32. The fourth-order valence-corrected chi connectivity index (χ4v) is 2.48. The minimum atomic E-state index is -0.250. The van der Waals surface area contributed by atoms with Crippen LogP contribution in [0.4, 0.5) is 5.82 Å². The van der Waals surface area contributed by atoms with Crippen molar-refractivity contribution in [3.05, 3.63) is 12.4 Å². The predicted octanol–water partition coefficient (Wildman–Crippen LogP) is 2.49. The zero-order valence-electron chi connectivity index (χ0n) is 12.3. The number of morpholine rings is 1. The van der Waals surface area contributed by atoms with Gasteiger partial charge in [-0.2, -0.15) is 4.98 Å². The Morgan fingerprint density at radius 1 is 1.50 bits per heavy atom. The van der Waals surface area contributed by atoms with Crippen LogP contribution in [-0.4, -0.2) is 47.2 Å². The van der Waals surface area contributed by atoms with Gasteiger partial charge in [0.05, 0.1) is 36.6 Å². The summed E-state index contributed by atoms with van der Waals surface area (Å²) in [5.74, 6) is 1.85. The molecule has 5 nitrogen and oxygen atoms in total. The van der Waals surface area contributed by atoms with Crippen molar-refractivity contribution in [1.29, 1.82) is 0 Å². The molecule has 0 aliphatic carbocycles. The van der Waals surface area contributed by atoms with Crippen molar-refractivity contribution in [2.24, 2.45) is 0 Å². The summed E-state index contributed by atoms with van der Waals surface area (Å²) in [7, 11) is 0.